The van der Waals surface area contributed by atoms with Crippen molar-refractivity contribution >= 4 is 41.3 Å². The molecule has 4 rings (SSSR count). The lowest BCUT2D eigenvalue weighted by molar-refractivity contribution is -0.135. The van der Waals surface area contributed by atoms with Crippen LogP contribution in [0.25, 0.3) is 0 Å². The molecule has 0 saturated carbocycles. The summed E-state index contributed by atoms with van der Waals surface area (Å²) < 4.78 is 33.3. The van der Waals surface area contributed by atoms with Crippen LogP contribution in [0.3, 0.4) is 0 Å². The number of hydrogen-bond donors (Lipinski definition) is 2. The third-order valence-electron chi connectivity index (χ3n) is 4.85. The molecule has 0 bridgehead atoms. The number of nitrogens with one attached hydrogen (secondary N) is 1. The van der Waals surface area contributed by atoms with Crippen LogP contribution in [0.4, 0.5) is 14.5 Å². The zero-order valence-corrected chi connectivity index (χ0v) is 17.3. The number of rotatable bonds is 4. The van der Waals surface area contributed by atoms with Gasteiger partial charge < -0.3 is 15.8 Å². The SMILES string of the molecule is C[C@@H](N)C(=O)Oc1ccc(C2(c3cccs3)C(=O)Nc3c2ccc(F)c3F)cc1.Cl. The van der Waals surface area contributed by atoms with Gasteiger partial charge in [-0.25, -0.2) is 13.6 Å². The zero-order valence-electron chi connectivity index (χ0n) is 15.6. The van der Waals surface area contributed by atoms with Crippen molar-refractivity contribution in [2.24, 2.45) is 5.73 Å². The maximum absolute atomic E-state index is 14.4. The fourth-order valence-corrected chi connectivity index (χ4v) is 4.42. The number of amides is 1. The molecule has 0 fully saturated rings. The van der Waals surface area contributed by atoms with Gasteiger partial charge in [0, 0.05) is 10.4 Å². The molecule has 3 aromatic rings. The van der Waals surface area contributed by atoms with E-state index >= 15 is 0 Å². The number of benzene rings is 2. The number of fused-ring (bicyclic) bond motifs is 1. The van der Waals surface area contributed by atoms with Gasteiger partial charge in [-0.15, -0.1) is 23.7 Å². The summed E-state index contributed by atoms with van der Waals surface area (Å²) >= 11 is 1.33. The average molecular weight is 451 g/mol. The number of ether oxygens (including phenoxy) is 1. The van der Waals surface area contributed by atoms with E-state index in [-0.39, 0.29) is 23.8 Å². The van der Waals surface area contributed by atoms with E-state index in [9.17, 15) is 18.4 Å². The third-order valence-corrected chi connectivity index (χ3v) is 5.84. The molecule has 1 amide bonds. The van der Waals surface area contributed by atoms with Crippen molar-refractivity contribution in [2.45, 2.75) is 18.4 Å². The molecular formula is C21H17ClF2N2O3S. The molecule has 156 valence electrons. The lowest BCUT2D eigenvalue weighted by Gasteiger charge is -2.27. The van der Waals surface area contributed by atoms with E-state index in [1.165, 1.54) is 36.5 Å². The fraction of sp³-hybridized carbons (Fsp3) is 0.143. The van der Waals surface area contributed by atoms with Gasteiger partial charge >= 0.3 is 5.97 Å². The minimum atomic E-state index is -1.35. The van der Waals surface area contributed by atoms with Gasteiger partial charge in [0.05, 0.1) is 5.69 Å². The number of hydrogen-bond acceptors (Lipinski definition) is 5. The zero-order chi connectivity index (χ0) is 20.8. The first kappa shape index (κ1) is 21.9. The van der Waals surface area contributed by atoms with Crippen LogP contribution in [0.5, 0.6) is 5.75 Å². The summed E-state index contributed by atoms with van der Waals surface area (Å²) in [6.45, 7) is 1.51. The molecule has 3 N–H and O–H groups in total. The van der Waals surface area contributed by atoms with Crippen LogP contribution in [0, 0.1) is 11.6 Å². The molecule has 30 heavy (non-hydrogen) atoms. The first-order chi connectivity index (χ1) is 13.9. The highest BCUT2D eigenvalue weighted by Gasteiger charge is 2.51. The van der Waals surface area contributed by atoms with Crippen LogP contribution in [-0.4, -0.2) is 17.9 Å². The molecule has 0 spiro atoms. The Morgan fingerprint density at radius 2 is 1.87 bits per heavy atom. The minimum Gasteiger partial charge on any atom is -0.425 e. The third kappa shape index (κ3) is 3.27. The second-order valence-corrected chi connectivity index (χ2v) is 7.65. The summed E-state index contributed by atoms with van der Waals surface area (Å²) in [7, 11) is 0. The van der Waals surface area contributed by atoms with E-state index in [1.807, 2.05) is 0 Å². The second kappa shape index (κ2) is 8.14. The topological polar surface area (TPSA) is 81.4 Å². The number of thiophene rings is 1. The molecule has 1 unspecified atom stereocenters. The number of carbonyl (C=O) groups excluding carboxylic acids is 2. The summed E-state index contributed by atoms with van der Waals surface area (Å²) in [5.74, 6) is -2.95. The Kier molecular flexibility index (Phi) is 5.94. The van der Waals surface area contributed by atoms with Crippen LogP contribution < -0.4 is 15.8 Å². The van der Waals surface area contributed by atoms with Crippen molar-refractivity contribution in [3.63, 3.8) is 0 Å². The lowest BCUT2D eigenvalue weighted by Crippen LogP contribution is -2.36. The highest BCUT2D eigenvalue weighted by Crippen LogP contribution is 2.50. The van der Waals surface area contributed by atoms with E-state index in [0.717, 1.165) is 6.07 Å². The molecule has 0 aliphatic carbocycles. The van der Waals surface area contributed by atoms with Crippen LogP contribution >= 0.6 is 23.7 Å². The van der Waals surface area contributed by atoms with Crippen molar-refractivity contribution in [1.29, 1.82) is 0 Å². The Bertz CT molecular complexity index is 1100. The summed E-state index contributed by atoms with van der Waals surface area (Å²) in [6.07, 6.45) is 0. The summed E-state index contributed by atoms with van der Waals surface area (Å²) in [6, 6.07) is 11.5. The predicted octanol–water partition coefficient (Wildman–Crippen LogP) is 3.99. The first-order valence-electron chi connectivity index (χ1n) is 8.77. The number of halogens is 3. The van der Waals surface area contributed by atoms with Crippen LogP contribution in [0.15, 0.2) is 53.9 Å². The van der Waals surface area contributed by atoms with Crippen molar-refractivity contribution in [1.82, 2.24) is 0 Å². The molecule has 0 radical (unpaired) electrons. The van der Waals surface area contributed by atoms with Crippen LogP contribution in [0.1, 0.15) is 22.9 Å². The Hall–Kier alpha value is -2.81. The summed E-state index contributed by atoms with van der Waals surface area (Å²) in [5.41, 5.74) is 4.84. The molecule has 1 aromatic heterocycles. The highest BCUT2D eigenvalue weighted by molar-refractivity contribution is 7.10. The van der Waals surface area contributed by atoms with E-state index in [1.54, 1.807) is 29.6 Å². The number of esters is 1. The molecule has 2 aromatic carbocycles. The van der Waals surface area contributed by atoms with Crippen molar-refractivity contribution < 1.29 is 23.1 Å². The van der Waals surface area contributed by atoms with Gasteiger partial charge in [-0.2, -0.15) is 0 Å². The van der Waals surface area contributed by atoms with Gasteiger partial charge in [-0.3, -0.25) is 4.79 Å². The maximum Gasteiger partial charge on any atom is 0.328 e. The number of carbonyl (C=O) groups is 2. The largest absolute Gasteiger partial charge is 0.425 e. The van der Waals surface area contributed by atoms with Gasteiger partial charge in [0.1, 0.15) is 17.2 Å². The van der Waals surface area contributed by atoms with E-state index in [4.69, 9.17) is 10.5 Å². The van der Waals surface area contributed by atoms with E-state index in [0.29, 0.717) is 16.0 Å². The Morgan fingerprint density at radius 3 is 2.47 bits per heavy atom. The van der Waals surface area contributed by atoms with Gasteiger partial charge in [-0.1, -0.05) is 24.3 Å². The second-order valence-electron chi connectivity index (χ2n) is 6.70. The lowest BCUT2D eigenvalue weighted by atomic mass is 9.74. The van der Waals surface area contributed by atoms with E-state index < -0.39 is 35.0 Å². The molecule has 2 heterocycles. The molecule has 2 atom stereocenters. The average Bonchev–Trinajstić information content (AvgIpc) is 3.32. The minimum absolute atomic E-state index is 0. The highest BCUT2D eigenvalue weighted by atomic mass is 35.5. The quantitative estimate of drug-likeness (QED) is 0.465. The Morgan fingerprint density at radius 1 is 1.17 bits per heavy atom. The van der Waals surface area contributed by atoms with E-state index in [2.05, 4.69) is 5.32 Å². The molecule has 9 heteroatoms. The molecule has 1 aliphatic rings. The normalized spacial score (nSPS) is 18.2. The molecule has 5 nitrogen and oxygen atoms in total. The maximum atomic E-state index is 14.4. The Labute approximate surface area is 181 Å². The van der Waals surface area contributed by atoms with Crippen molar-refractivity contribution in [2.75, 3.05) is 5.32 Å². The standard InChI is InChI=1S/C21H16F2N2O3S.ClH/c1-11(24)19(26)28-13-6-4-12(5-7-13)21(16-3-2-10-29-16)14-8-9-15(22)17(23)18(14)25-20(21)27;/h2-11H,24H2,1H3,(H,25,27);1H/t11-,21?;/m1./s1. The monoisotopic (exact) mass is 450 g/mol. The van der Waals surface area contributed by atoms with Gasteiger partial charge in [0.25, 0.3) is 0 Å². The fourth-order valence-electron chi connectivity index (χ4n) is 3.46. The summed E-state index contributed by atoms with van der Waals surface area (Å²) in [5, 5.41) is 4.30. The Balaban J connectivity index is 0.00000256. The van der Waals surface area contributed by atoms with Crippen molar-refractivity contribution in [3.8, 4) is 5.75 Å². The predicted molar refractivity (Wildman–Crippen MR) is 112 cm³/mol. The molecular weight excluding hydrogens is 434 g/mol. The molecule has 0 saturated heterocycles. The van der Waals surface area contributed by atoms with Crippen molar-refractivity contribution in [3.05, 3.63) is 81.5 Å². The van der Waals surface area contributed by atoms with Gasteiger partial charge in [0.2, 0.25) is 5.91 Å². The number of anilines is 1. The van der Waals surface area contributed by atoms with Gasteiger partial charge in [-0.05, 0) is 42.1 Å². The number of nitrogens with two attached hydrogens (primary N) is 1. The van der Waals surface area contributed by atoms with Gasteiger partial charge in [0.15, 0.2) is 11.6 Å². The first-order valence-corrected chi connectivity index (χ1v) is 9.65. The summed E-state index contributed by atoms with van der Waals surface area (Å²) in [4.78, 5) is 25.5. The molecule has 1 aliphatic heterocycles. The van der Waals surface area contributed by atoms with Crippen LogP contribution in [-0.2, 0) is 15.0 Å². The smallest absolute Gasteiger partial charge is 0.328 e. The van der Waals surface area contributed by atoms with Crippen LogP contribution in [0.2, 0.25) is 0 Å².